The summed E-state index contributed by atoms with van der Waals surface area (Å²) in [5, 5.41) is 16.8. The van der Waals surface area contributed by atoms with E-state index in [2.05, 4.69) is 31.1 Å². The zero-order valence-electron chi connectivity index (χ0n) is 11.3. The van der Waals surface area contributed by atoms with Crippen LogP contribution in [0.5, 0.6) is 0 Å². The largest absolute Gasteiger partial charge is 0.481 e. The van der Waals surface area contributed by atoms with E-state index in [1.54, 1.807) is 4.68 Å². The second-order valence-electron chi connectivity index (χ2n) is 5.47. The summed E-state index contributed by atoms with van der Waals surface area (Å²) < 4.78 is 1.61. The van der Waals surface area contributed by atoms with Gasteiger partial charge < -0.3 is 5.11 Å². The number of hydrogen-bond acceptors (Lipinski definition) is 3. The van der Waals surface area contributed by atoms with Gasteiger partial charge in [-0.25, -0.2) is 4.68 Å². The fraction of sp³-hybridized carbons (Fsp3) is 0.357. The van der Waals surface area contributed by atoms with Crippen LogP contribution in [0.1, 0.15) is 32.0 Å². The first-order valence-corrected chi connectivity index (χ1v) is 6.11. The van der Waals surface area contributed by atoms with Crippen LogP contribution < -0.4 is 0 Å². The summed E-state index contributed by atoms with van der Waals surface area (Å²) in [6.07, 6.45) is 1.40. The summed E-state index contributed by atoms with van der Waals surface area (Å²) in [5.74, 6) is -0.892. The highest BCUT2D eigenvalue weighted by Gasteiger charge is 2.20. The van der Waals surface area contributed by atoms with Crippen molar-refractivity contribution in [1.29, 1.82) is 0 Å². The lowest BCUT2D eigenvalue weighted by Crippen LogP contribution is -2.17. The van der Waals surface area contributed by atoms with Crippen LogP contribution in [-0.2, 0) is 16.6 Å². The van der Waals surface area contributed by atoms with Gasteiger partial charge in [0, 0.05) is 0 Å². The van der Waals surface area contributed by atoms with Crippen molar-refractivity contribution < 1.29 is 9.90 Å². The first kappa shape index (κ1) is 13.3. The number of hydrogen-bond donors (Lipinski definition) is 1. The molecule has 1 aromatic heterocycles. The number of rotatable bonds is 3. The molecule has 2 aromatic rings. The summed E-state index contributed by atoms with van der Waals surface area (Å²) in [6.45, 7) is 6.33. The number of carbonyl (C=O) groups is 1. The molecule has 0 atom stereocenters. The minimum Gasteiger partial charge on any atom is -0.481 e. The Morgan fingerprint density at radius 3 is 2.63 bits per heavy atom. The first-order chi connectivity index (χ1) is 8.89. The van der Waals surface area contributed by atoms with Crippen LogP contribution >= 0.6 is 0 Å². The minimum atomic E-state index is -0.892. The quantitative estimate of drug-likeness (QED) is 0.917. The molecule has 0 aliphatic heterocycles. The molecule has 19 heavy (non-hydrogen) atoms. The lowest BCUT2D eigenvalue weighted by molar-refractivity contribution is -0.136. The van der Waals surface area contributed by atoms with E-state index in [9.17, 15) is 4.79 Å². The van der Waals surface area contributed by atoms with Gasteiger partial charge in [0.1, 0.15) is 0 Å². The zero-order chi connectivity index (χ0) is 14.0. The number of aliphatic carboxylic acids is 1. The standard InChI is InChI=1S/C14H17N3O2/c1-14(2,3)11-6-4-5-7-12(11)17-10(8-13(18)19)9-15-16-17/h4-7,9H,8H2,1-3H3,(H,18,19). The monoisotopic (exact) mass is 259 g/mol. The Hall–Kier alpha value is -2.17. The Morgan fingerprint density at radius 1 is 1.32 bits per heavy atom. The third kappa shape index (κ3) is 2.81. The van der Waals surface area contributed by atoms with Gasteiger partial charge in [0.25, 0.3) is 0 Å². The maximum Gasteiger partial charge on any atom is 0.309 e. The summed E-state index contributed by atoms with van der Waals surface area (Å²) >= 11 is 0. The van der Waals surface area contributed by atoms with Crippen molar-refractivity contribution in [3.05, 3.63) is 41.7 Å². The van der Waals surface area contributed by atoms with E-state index >= 15 is 0 Å². The van der Waals surface area contributed by atoms with Crippen molar-refractivity contribution in [3.8, 4) is 5.69 Å². The van der Waals surface area contributed by atoms with E-state index in [0.29, 0.717) is 5.69 Å². The number of carboxylic acid groups (broad SMARTS) is 1. The molecule has 0 aliphatic carbocycles. The van der Waals surface area contributed by atoms with Crippen LogP contribution in [0.25, 0.3) is 5.69 Å². The number of aromatic nitrogens is 3. The molecule has 1 N–H and O–H groups in total. The number of nitrogens with zero attached hydrogens (tertiary/aromatic N) is 3. The highest BCUT2D eigenvalue weighted by Crippen LogP contribution is 2.28. The first-order valence-electron chi connectivity index (χ1n) is 6.11. The lowest BCUT2D eigenvalue weighted by atomic mass is 9.86. The Kier molecular flexibility index (Phi) is 3.38. The maximum absolute atomic E-state index is 10.9. The van der Waals surface area contributed by atoms with Crippen LogP contribution in [0.4, 0.5) is 0 Å². The van der Waals surface area contributed by atoms with Crippen molar-refractivity contribution >= 4 is 5.97 Å². The second-order valence-corrected chi connectivity index (χ2v) is 5.47. The molecule has 0 fully saturated rings. The average molecular weight is 259 g/mol. The van der Waals surface area contributed by atoms with Crippen LogP contribution in [-0.4, -0.2) is 26.1 Å². The van der Waals surface area contributed by atoms with Gasteiger partial charge in [0.2, 0.25) is 0 Å². The SMILES string of the molecule is CC(C)(C)c1ccccc1-n1nncc1CC(=O)O. The van der Waals surface area contributed by atoms with Crippen LogP contribution in [0.15, 0.2) is 30.5 Å². The number of carboxylic acids is 1. The molecule has 5 heteroatoms. The highest BCUT2D eigenvalue weighted by atomic mass is 16.4. The topological polar surface area (TPSA) is 68.0 Å². The molecule has 0 aliphatic rings. The van der Waals surface area contributed by atoms with Gasteiger partial charge in [-0.15, -0.1) is 5.10 Å². The summed E-state index contributed by atoms with van der Waals surface area (Å²) in [5.41, 5.74) is 2.50. The third-order valence-electron chi connectivity index (χ3n) is 2.89. The smallest absolute Gasteiger partial charge is 0.309 e. The molecule has 2 rings (SSSR count). The third-order valence-corrected chi connectivity index (χ3v) is 2.89. The highest BCUT2D eigenvalue weighted by molar-refractivity contribution is 5.69. The lowest BCUT2D eigenvalue weighted by Gasteiger charge is -2.22. The van der Waals surface area contributed by atoms with Crippen LogP contribution in [0, 0.1) is 0 Å². The second kappa shape index (κ2) is 4.84. The molecule has 100 valence electrons. The van der Waals surface area contributed by atoms with Gasteiger partial charge in [-0.2, -0.15) is 0 Å². The molecular formula is C14H17N3O2. The summed E-state index contributed by atoms with van der Waals surface area (Å²) in [6, 6.07) is 7.84. The van der Waals surface area contributed by atoms with Crippen molar-refractivity contribution in [2.24, 2.45) is 0 Å². The molecule has 0 bridgehead atoms. The summed E-state index contributed by atoms with van der Waals surface area (Å²) in [4.78, 5) is 10.9. The molecule has 0 radical (unpaired) electrons. The van der Waals surface area contributed by atoms with Gasteiger partial charge >= 0.3 is 5.97 Å². The Morgan fingerprint density at radius 2 is 2.00 bits per heavy atom. The Balaban J connectivity index is 2.54. The fourth-order valence-electron chi connectivity index (χ4n) is 2.03. The molecule has 0 unspecified atom stereocenters. The Bertz CT molecular complexity index is 597. The molecule has 1 heterocycles. The molecule has 0 amide bonds. The molecular weight excluding hydrogens is 242 g/mol. The van der Waals surface area contributed by atoms with E-state index in [1.807, 2.05) is 24.3 Å². The normalized spacial score (nSPS) is 11.5. The van der Waals surface area contributed by atoms with Crippen molar-refractivity contribution in [3.63, 3.8) is 0 Å². The average Bonchev–Trinajstić information content (AvgIpc) is 2.75. The van der Waals surface area contributed by atoms with E-state index in [-0.39, 0.29) is 11.8 Å². The van der Waals surface area contributed by atoms with E-state index in [0.717, 1.165) is 11.3 Å². The number of benzene rings is 1. The van der Waals surface area contributed by atoms with Gasteiger partial charge in [-0.3, -0.25) is 4.79 Å². The van der Waals surface area contributed by atoms with E-state index < -0.39 is 5.97 Å². The van der Waals surface area contributed by atoms with E-state index in [4.69, 9.17) is 5.11 Å². The van der Waals surface area contributed by atoms with E-state index in [1.165, 1.54) is 6.20 Å². The van der Waals surface area contributed by atoms with Crippen molar-refractivity contribution in [2.45, 2.75) is 32.6 Å². The maximum atomic E-state index is 10.9. The van der Waals surface area contributed by atoms with Crippen molar-refractivity contribution in [1.82, 2.24) is 15.0 Å². The minimum absolute atomic E-state index is 0.0525. The fourth-order valence-corrected chi connectivity index (χ4v) is 2.03. The molecule has 0 saturated heterocycles. The molecule has 5 nitrogen and oxygen atoms in total. The Labute approximate surface area is 111 Å². The van der Waals surface area contributed by atoms with Crippen LogP contribution in [0.2, 0.25) is 0 Å². The van der Waals surface area contributed by atoms with Gasteiger partial charge in [0.05, 0.1) is 24.0 Å². The zero-order valence-corrected chi connectivity index (χ0v) is 11.3. The van der Waals surface area contributed by atoms with Crippen LogP contribution in [0.3, 0.4) is 0 Å². The molecule has 0 saturated carbocycles. The number of para-hydroxylation sites is 1. The van der Waals surface area contributed by atoms with Gasteiger partial charge in [-0.05, 0) is 17.0 Å². The van der Waals surface area contributed by atoms with Gasteiger partial charge in [0.15, 0.2) is 0 Å². The summed E-state index contributed by atoms with van der Waals surface area (Å²) in [7, 11) is 0. The molecule has 1 aromatic carbocycles. The van der Waals surface area contributed by atoms with Gasteiger partial charge in [-0.1, -0.05) is 44.2 Å². The predicted octanol–water partition coefficient (Wildman–Crippen LogP) is 2.19. The van der Waals surface area contributed by atoms with Crippen molar-refractivity contribution in [2.75, 3.05) is 0 Å². The molecule has 0 spiro atoms. The predicted molar refractivity (Wildman–Crippen MR) is 71.4 cm³/mol.